The van der Waals surface area contributed by atoms with Gasteiger partial charge in [0, 0.05) is 22.4 Å². The molecule has 1 N–H and O–H groups in total. The lowest BCUT2D eigenvalue weighted by Crippen LogP contribution is -2.08. The van der Waals surface area contributed by atoms with E-state index in [-0.39, 0.29) is 5.41 Å². The number of hydrogen-bond acceptors (Lipinski definition) is 3. The van der Waals surface area contributed by atoms with E-state index in [2.05, 4.69) is 31.8 Å². The van der Waals surface area contributed by atoms with Crippen molar-refractivity contribution < 1.29 is 13.9 Å². The lowest BCUT2D eigenvalue weighted by atomic mass is 9.94. The Morgan fingerprint density at radius 3 is 2.23 bits per heavy atom. The summed E-state index contributed by atoms with van der Waals surface area (Å²) in [5.41, 5.74) is 1.93. The van der Waals surface area contributed by atoms with Crippen LogP contribution in [0.4, 0.5) is 0 Å². The van der Waals surface area contributed by atoms with Gasteiger partial charge in [-0.05, 0) is 24.3 Å². The van der Waals surface area contributed by atoms with E-state index in [0.29, 0.717) is 5.75 Å². The number of rotatable bonds is 3. The van der Waals surface area contributed by atoms with E-state index >= 15 is 0 Å². The third kappa shape index (κ3) is 2.45. The van der Waals surface area contributed by atoms with Crippen LogP contribution in [-0.2, 0) is 5.41 Å². The normalized spacial score (nSPS) is 11.9. The molecule has 4 heteroatoms. The monoisotopic (exact) mass is 299 g/mol. The van der Waals surface area contributed by atoms with E-state index in [9.17, 15) is 0 Å². The van der Waals surface area contributed by atoms with Crippen LogP contribution in [0.1, 0.15) is 26.5 Å². The minimum absolute atomic E-state index is 0.00327. The molecule has 3 aromatic rings. The van der Waals surface area contributed by atoms with Crippen molar-refractivity contribution in [3.63, 3.8) is 0 Å². The number of fused-ring (bicyclic) bond motifs is 1. The highest BCUT2D eigenvalue weighted by molar-refractivity contribution is 5.88. The topological polar surface area (TPSA) is 47.4 Å². The Balaban J connectivity index is 2.07. The second kappa shape index (κ2) is 5.13. The van der Waals surface area contributed by atoms with Gasteiger partial charge in [-0.1, -0.05) is 20.8 Å². The van der Waals surface area contributed by atoms with Crippen LogP contribution in [0.3, 0.4) is 0 Å². The molecule has 0 aliphatic rings. The molecule has 116 valence electrons. The fraction of sp³-hybridized carbons (Fsp3) is 0.333. The summed E-state index contributed by atoms with van der Waals surface area (Å²) in [4.78, 5) is 3.37. The number of ether oxygens (including phenoxy) is 2. The SMILES string of the molecule is COc1cc2cc(-c3ccc(C(C)(C)C)o3)[nH]c2cc1OC. The fourth-order valence-corrected chi connectivity index (χ4v) is 2.48. The predicted octanol–water partition coefficient (Wildman–Crippen LogP) is 4.74. The van der Waals surface area contributed by atoms with Gasteiger partial charge in [-0.2, -0.15) is 0 Å². The van der Waals surface area contributed by atoms with Crippen LogP contribution in [0, 0.1) is 0 Å². The van der Waals surface area contributed by atoms with Gasteiger partial charge in [0.05, 0.1) is 19.9 Å². The third-order valence-corrected chi connectivity index (χ3v) is 3.74. The number of aromatic amines is 1. The van der Waals surface area contributed by atoms with Crippen LogP contribution < -0.4 is 9.47 Å². The smallest absolute Gasteiger partial charge is 0.162 e. The molecule has 0 saturated carbocycles. The van der Waals surface area contributed by atoms with Gasteiger partial charge in [-0.3, -0.25) is 0 Å². The standard InChI is InChI=1S/C18H21NO3/c1-18(2,3)17-7-6-14(22-17)13-8-11-9-15(20-4)16(21-5)10-12(11)19-13/h6-10,19H,1-5H3. The number of nitrogens with one attached hydrogen (secondary N) is 1. The highest BCUT2D eigenvalue weighted by atomic mass is 16.5. The summed E-state index contributed by atoms with van der Waals surface area (Å²) in [7, 11) is 3.27. The Hall–Kier alpha value is -2.36. The van der Waals surface area contributed by atoms with E-state index in [0.717, 1.165) is 33.9 Å². The van der Waals surface area contributed by atoms with Crippen molar-refractivity contribution in [2.75, 3.05) is 14.2 Å². The van der Waals surface area contributed by atoms with Gasteiger partial charge < -0.3 is 18.9 Å². The second-order valence-corrected chi connectivity index (χ2v) is 6.39. The van der Waals surface area contributed by atoms with Gasteiger partial charge in [0.1, 0.15) is 5.76 Å². The molecule has 1 aromatic carbocycles. The van der Waals surface area contributed by atoms with Gasteiger partial charge in [-0.15, -0.1) is 0 Å². The summed E-state index contributed by atoms with van der Waals surface area (Å²) in [5, 5.41) is 1.06. The molecule has 4 nitrogen and oxygen atoms in total. The Kier molecular flexibility index (Phi) is 3.39. The Morgan fingerprint density at radius 1 is 0.955 bits per heavy atom. The van der Waals surface area contributed by atoms with Crippen molar-refractivity contribution in [3.05, 3.63) is 36.1 Å². The maximum Gasteiger partial charge on any atom is 0.162 e. The highest BCUT2D eigenvalue weighted by Crippen LogP contribution is 2.35. The lowest BCUT2D eigenvalue weighted by Gasteiger charge is -2.13. The van der Waals surface area contributed by atoms with Crippen LogP contribution in [0.5, 0.6) is 11.5 Å². The summed E-state index contributed by atoms with van der Waals surface area (Å²) < 4.78 is 16.7. The van der Waals surface area contributed by atoms with Crippen LogP contribution in [0.25, 0.3) is 22.4 Å². The number of H-pyrrole nitrogens is 1. The first kappa shape index (κ1) is 14.6. The average Bonchev–Trinajstić information content (AvgIpc) is 3.10. The second-order valence-electron chi connectivity index (χ2n) is 6.39. The molecule has 0 saturated heterocycles. The molecule has 0 bridgehead atoms. The molecule has 0 fully saturated rings. The molecule has 0 amide bonds. The largest absolute Gasteiger partial charge is 0.493 e. The van der Waals surface area contributed by atoms with Crippen molar-refractivity contribution >= 4 is 10.9 Å². The maximum absolute atomic E-state index is 5.98. The summed E-state index contributed by atoms with van der Waals surface area (Å²) in [6, 6.07) is 9.98. The first-order valence-corrected chi connectivity index (χ1v) is 7.28. The number of methoxy groups -OCH3 is 2. The summed E-state index contributed by atoms with van der Waals surface area (Å²) in [5.74, 6) is 3.23. The summed E-state index contributed by atoms with van der Waals surface area (Å²) in [6.45, 7) is 6.41. The molecule has 0 aliphatic carbocycles. The highest BCUT2D eigenvalue weighted by Gasteiger charge is 2.19. The third-order valence-electron chi connectivity index (χ3n) is 3.74. The fourth-order valence-electron chi connectivity index (χ4n) is 2.48. The van der Waals surface area contributed by atoms with Crippen LogP contribution in [0.15, 0.2) is 34.7 Å². The molecular weight excluding hydrogens is 278 g/mol. The zero-order chi connectivity index (χ0) is 15.9. The predicted molar refractivity (Wildman–Crippen MR) is 87.8 cm³/mol. The zero-order valence-electron chi connectivity index (χ0n) is 13.6. The average molecular weight is 299 g/mol. The van der Waals surface area contributed by atoms with Gasteiger partial charge in [0.2, 0.25) is 0 Å². The zero-order valence-corrected chi connectivity index (χ0v) is 13.6. The first-order chi connectivity index (χ1) is 10.4. The Morgan fingerprint density at radius 2 is 1.64 bits per heavy atom. The van der Waals surface area contributed by atoms with E-state index in [1.807, 2.05) is 24.3 Å². The Labute approximate surface area is 130 Å². The number of aromatic nitrogens is 1. The molecule has 0 unspecified atom stereocenters. The van der Waals surface area contributed by atoms with Gasteiger partial charge in [0.25, 0.3) is 0 Å². The van der Waals surface area contributed by atoms with Crippen LogP contribution >= 0.6 is 0 Å². The van der Waals surface area contributed by atoms with Crippen molar-refractivity contribution in [2.45, 2.75) is 26.2 Å². The van der Waals surface area contributed by atoms with E-state index < -0.39 is 0 Å². The molecule has 2 aromatic heterocycles. The quantitative estimate of drug-likeness (QED) is 0.759. The van der Waals surface area contributed by atoms with E-state index in [1.165, 1.54) is 0 Å². The maximum atomic E-state index is 5.98. The number of hydrogen-bond donors (Lipinski definition) is 1. The van der Waals surface area contributed by atoms with Gasteiger partial charge in [0.15, 0.2) is 17.3 Å². The van der Waals surface area contributed by atoms with Crippen molar-refractivity contribution in [1.29, 1.82) is 0 Å². The van der Waals surface area contributed by atoms with E-state index in [1.54, 1.807) is 14.2 Å². The molecule has 22 heavy (non-hydrogen) atoms. The summed E-state index contributed by atoms with van der Waals surface area (Å²) in [6.07, 6.45) is 0. The minimum atomic E-state index is -0.00327. The molecule has 2 heterocycles. The Bertz CT molecular complexity index is 764. The molecule has 0 atom stereocenters. The number of benzene rings is 1. The van der Waals surface area contributed by atoms with Crippen molar-refractivity contribution in [2.24, 2.45) is 0 Å². The van der Waals surface area contributed by atoms with Crippen molar-refractivity contribution in [3.8, 4) is 23.0 Å². The number of furan rings is 1. The van der Waals surface area contributed by atoms with Crippen molar-refractivity contribution in [1.82, 2.24) is 4.98 Å². The van der Waals surface area contributed by atoms with Crippen LogP contribution in [0.2, 0.25) is 0 Å². The van der Waals surface area contributed by atoms with Gasteiger partial charge in [-0.25, -0.2) is 0 Å². The lowest BCUT2D eigenvalue weighted by molar-refractivity contribution is 0.356. The van der Waals surface area contributed by atoms with E-state index in [4.69, 9.17) is 13.9 Å². The minimum Gasteiger partial charge on any atom is -0.493 e. The summed E-state index contributed by atoms with van der Waals surface area (Å²) >= 11 is 0. The molecule has 0 aliphatic heterocycles. The molecular formula is C18H21NO3. The molecule has 0 radical (unpaired) electrons. The van der Waals surface area contributed by atoms with Gasteiger partial charge >= 0.3 is 0 Å². The first-order valence-electron chi connectivity index (χ1n) is 7.28. The molecule has 0 spiro atoms. The molecule has 3 rings (SSSR count). The van der Waals surface area contributed by atoms with Crippen LogP contribution in [-0.4, -0.2) is 19.2 Å².